The maximum Gasteiger partial charge on any atom is 0.250 e. The number of carbonyl (C=O) groups is 1. The largest absolute Gasteiger partial charge is 0.379 e. The Labute approximate surface area is 131 Å². The van der Waals surface area contributed by atoms with E-state index in [1.54, 1.807) is 24.3 Å². The molecule has 0 bridgehead atoms. The normalized spacial score (nSPS) is 24.3. The molecule has 1 aromatic carbocycles. The lowest BCUT2D eigenvalue weighted by Gasteiger charge is -2.20. The van der Waals surface area contributed by atoms with E-state index in [1.165, 1.54) is 0 Å². The van der Waals surface area contributed by atoms with Crippen LogP contribution in [0.15, 0.2) is 29.2 Å². The van der Waals surface area contributed by atoms with Crippen molar-refractivity contribution in [1.82, 2.24) is 4.31 Å². The van der Waals surface area contributed by atoms with Crippen molar-refractivity contribution in [3.8, 4) is 0 Å². The van der Waals surface area contributed by atoms with Gasteiger partial charge in [-0.2, -0.15) is 4.31 Å². The third-order valence-electron chi connectivity index (χ3n) is 4.37. The Morgan fingerprint density at radius 3 is 2.45 bits per heavy atom. The molecule has 1 fully saturated rings. The number of hydrogen-bond acceptors (Lipinski definition) is 4. The molecule has 1 saturated heterocycles. The van der Waals surface area contributed by atoms with Gasteiger partial charge in [-0.25, -0.2) is 8.42 Å². The van der Waals surface area contributed by atoms with Gasteiger partial charge in [0.2, 0.25) is 10.0 Å². The third-order valence-corrected chi connectivity index (χ3v) is 6.23. The molecule has 1 amide bonds. The van der Waals surface area contributed by atoms with E-state index in [2.05, 4.69) is 13.8 Å². The standard InChI is InChI=1S/C15H22N2O4S/c1-3-11(2)12-4-6-13(7-5-12)22(20,21)17-9-8-15(19,10-17)14(16)18/h4-7,11,19H,3,8-10H2,1-2H3,(H2,16,18)/t11-,15-/m0/s1. The number of rotatable bonds is 5. The lowest BCUT2D eigenvalue weighted by molar-refractivity contribution is -0.134. The predicted octanol–water partition coefficient (Wildman–Crippen LogP) is 0.811. The number of nitrogens with zero attached hydrogens (tertiary/aromatic N) is 1. The van der Waals surface area contributed by atoms with Gasteiger partial charge < -0.3 is 10.8 Å². The molecule has 122 valence electrons. The molecule has 0 radical (unpaired) electrons. The molecule has 0 aromatic heterocycles. The number of aliphatic hydroxyl groups is 1. The minimum Gasteiger partial charge on any atom is -0.379 e. The van der Waals surface area contributed by atoms with Crippen molar-refractivity contribution in [2.45, 2.75) is 43.1 Å². The van der Waals surface area contributed by atoms with Gasteiger partial charge in [-0.05, 0) is 30.0 Å². The molecular weight excluding hydrogens is 304 g/mol. The summed E-state index contributed by atoms with van der Waals surface area (Å²) in [6.45, 7) is 3.94. The average molecular weight is 326 g/mol. The quantitative estimate of drug-likeness (QED) is 0.836. The molecule has 6 nitrogen and oxygen atoms in total. The van der Waals surface area contributed by atoms with E-state index in [0.29, 0.717) is 5.92 Å². The van der Waals surface area contributed by atoms with Gasteiger partial charge >= 0.3 is 0 Å². The van der Waals surface area contributed by atoms with Crippen LogP contribution >= 0.6 is 0 Å². The van der Waals surface area contributed by atoms with E-state index in [-0.39, 0.29) is 24.4 Å². The zero-order valence-corrected chi connectivity index (χ0v) is 13.6. The molecule has 22 heavy (non-hydrogen) atoms. The van der Waals surface area contributed by atoms with Gasteiger partial charge in [-0.3, -0.25) is 4.79 Å². The lowest BCUT2D eigenvalue weighted by atomic mass is 9.99. The fourth-order valence-electron chi connectivity index (χ4n) is 2.52. The Hall–Kier alpha value is -1.44. The summed E-state index contributed by atoms with van der Waals surface area (Å²) in [6, 6.07) is 6.74. The highest BCUT2D eigenvalue weighted by atomic mass is 32.2. The first-order valence-electron chi connectivity index (χ1n) is 7.33. The van der Waals surface area contributed by atoms with Crippen LogP contribution in [0.1, 0.15) is 38.2 Å². The van der Waals surface area contributed by atoms with E-state index < -0.39 is 21.5 Å². The van der Waals surface area contributed by atoms with Crippen LogP contribution in [-0.2, 0) is 14.8 Å². The van der Waals surface area contributed by atoms with Crippen molar-refractivity contribution in [3.05, 3.63) is 29.8 Å². The van der Waals surface area contributed by atoms with Gasteiger partial charge in [0.1, 0.15) is 0 Å². The molecule has 1 aliphatic rings. The second-order valence-electron chi connectivity index (χ2n) is 5.86. The number of β-amino-alcohol motifs (C(OH)–C–C–N with tert-alkyl or cyclic N) is 1. The first-order valence-corrected chi connectivity index (χ1v) is 8.77. The Morgan fingerprint density at radius 2 is 2.00 bits per heavy atom. The topological polar surface area (TPSA) is 101 Å². The molecule has 1 aromatic rings. The summed E-state index contributed by atoms with van der Waals surface area (Å²) in [5.41, 5.74) is 4.44. The van der Waals surface area contributed by atoms with Crippen molar-refractivity contribution in [1.29, 1.82) is 0 Å². The van der Waals surface area contributed by atoms with E-state index in [1.807, 2.05) is 0 Å². The van der Waals surface area contributed by atoms with Crippen LogP contribution in [-0.4, -0.2) is 42.4 Å². The monoisotopic (exact) mass is 326 g/mol. The van der Waals surface area contributed by atoms with Gasteiger partial charge in [0.15, 0.2) is 5.60 Å². The summed E-state index contributed by atoms with van der Waals surface area (Å²) >= 11 is 0. The summed E-state index contributed by atoms with van der Waals surface area (Å²) in [5.74, 6) is -0.527. The molecule has 0 unspecified atom stereocenters. The highest BCUT2D eigenvalue weighted by Gasteiger charge is 2.45. The second-order valence-corrected chi connectivity index (χ2v) is 7.80. The molecule has 7 heteroatoms. The van der Waals surface area contributed by atoms with Crippen LogP contribution in [0.25, 0.3) is 0 Å². The summed E-state index contributed by atoms with van der Waals surface area (Å²) < 4.78 is 26.2. The number of amides is 1. The Morgan fingerprint density at radius 1 is 1.41 bits per heavy atom. The van der Waals surface area contributed by atoms with E-state index in [9.17, 15) is 18.3 Å². The maximum atomic E-state index is 12.6. The molecule has 0 saturated carbocycles. The minimum absolute atomic E-state index is 0.0204. The Balaban J connectivity index is 2.23. The average Bonchev–Trinajstić information content (AvgIpc) is 2.91. The number of hydrogen-bond donors (Lipinski definition) is 2. The summed E-state index contributed by atoms with van der Waals surface area (Å²) in [4.78, 5) is 11.4. The van der Waals surface area contributed by atoms with Crippen LogP contribution < -0.4 is 5.73 Å². The fourth-order valence-corrected chi connectivity index (χ4v) is 4.01. The van der Waals surface area contributed by atoms with Crippen LogP contribution in [0.4, 0.5) is 0 Å². The van der Waals surface area contributed by atoms with Crippen molar-refractivity contribution >= 4 is 15.9 Å². The zero-order valence-electron chi connectivity index (χ0n) is 12.8. The van der Waals surface area contributed by atoms with E-state index in [4.69, 9.17) is 5.73 Å². The first-order chi connectivity index (χ1) is 10.2. The third kappa shape index (κ3) is 3.02. The highest BCUT2D eigenvalue weighted by molar-refractivity contribution is 7.89. The molecule has 3 N–H and O–H groups in total. The Bertz CT molecular complexity index is 657. The van der Waals surface area contributed by atoms with Crippen molar-refractivity contribution in [2.75, 3.05) is 13.1 Å². The Kier molecular flexibility index (Phi) is 4.60. The number of carbonyl (C=O) groups excluding carboxylic acids is 1. The van der Waals surface area contributed by atoms with Gasteiger partial charge in [0.25, 0.3) is 5.91 Å². The number of benzene rings is 1. The minimum atomic E-state index is -3.73. The zero-order chi connectivity index (χ0) is 16.5. The van der Waals surface area contributed by atoms with E-state index >= 15 is 0 Å². The molecular formula is C15H22N2O4S. The van der Waals surface area contributed by atoms with Crippen LogP contribution in [0.2, 0.25) is 0 Å². The van der Waals surface area contributed by atoms with Gasteiger partial charge in [0.05, 0.1) is 11.4 Å². The number of sulfonamides is 1. The van der Waals surface area contributed by atoms with E-state index in [0.717, 1.165) is 16.3 Å². The van der Waals surface area contributed by atoms with Crippen LogP contribution in [0.5, 0.6) is 0 Å². The molecule has 1 aliphatic heterocycles. The smallest absolute Gasteiger partial charge is 0.250 e. The number of nitrogens with two attached hydrogens (primary N) is 1. The van der Waals surface area contributed by atoms with Gasteiger partial charge in [-0.1, -0.05) is 26.0 Å². The molecule has 2 atom stereocenters. The van der Waals surface area contributed by atoms with Crippen molar-refractivity contribution < 1.29 is 18.3 Å². The predicted molar refractivity (Wildman–Crippen MR) is 82.7 cm³/mol. The molecule has 0 aliphatic carbocycles. The van der Waals surface area contributed by atoms with Crippen molar-refractivity contribution in [2.24, 2.45) is 5.73 Å². The molecule has 2 rings (SSSR count). The van der Waals surface area contributed by atoms with Crippen LogP contribution in [0.3, 0.4) is 0 Å². The molecule has 1 heterocycles. The fraction of sp³-hybridized carbons (Fsp3) is 0.533. The van der Waals surface area contributed by atoms with Crippen LogP contribution in [0, 0.1) is 0 Å². The van der Waals surface area contributed by atoms with Gasteiger partial charge in [-0.15, -0.1) is 0 Å². The SMILES string of the molecule is CC[C@H](C)c1ccc(S(=O)(=O)N2CC[C@@](O)(C(N)=O)C2)cc1. The maximum absolute atomic E-state index is 12.6. The van der Waals surface area contributed by atoms with Gasteiger partial charge in [0, 0.05) is 13.0 Å². The lowest BCUT2D eigenvalue weighted by Crippen LogP contribution is -2.46. The van der Waals surface area contributed by atoms with Crippen molar-refractivity contribution in [3.63, 3.8) is 0 Å². The summed E-state index contributed by atoms with van der Waals surface area (Å²) in [6.07, 6.45) is 0.996. The number of primary amides is 1. The second kappa shape index (κ2) is 5.98. The highest BCUT2D eigenvalue weighted by Crippen LogP contribution is 2.28. The first kappa shape index (κ1) is 16.9. The summed E-state index contributed by atoms with van der Waals surface area (Å²) in [7, 11) is -3.73. The summed E-state index contributed by atoms with van der Waals surface area (Å²) in [5, 5.41) is 10.0. The molecule has 0 spiro atoms.